The summed E-state index contributed by atoms with van der Waals surface area (Å²) in [6.45, 7) is 0. The molecular formula is C4H4N4O4. The van der Waals surface area contributed by atoms with Gasteiger partial charge in [0, 0.05) is 12.3 Å². The van der Waals surface area contributed by atoms with Gasteiger partial charge in [-0.15, -0.1) is 0 Å². The summed E-state index contributed by atoms with van der Waals surface area (Å²) in [6, 6.07) is 1.13. The van der Waals surface area contributed by atoms with Crippen LogP contribution in [0, 0.1) is 20.2 Å². The van der Waals surface area contributed by atoms with Crippen LogP contribution < -0.4 is 5.43 Å². The molecule has 0 saturated carbocycles. The molecule has 1 heterocycles. The highest BCUT2D eigenvalue weighted by Crippen LogP contribution is 2.20. The lowest BCUT2D eigenvalue weighted by molar-refractivity contribution is -0.447. The van der Waals surface area contributed by atoms with E-state index >= 15 is 0 Å². The fraction of sp³-hybridized carbons (Fsp3) is 0. The number of anilines is 1. The molecule has 64 valence electrons. The van der Waals surface area contributed by atoms with Gasteiger partial charge < -0.3 is 4.98 Å². The molecule has 0 aliphatic rings. The Morgan fingerprint density at radius 2 is 2.08 bits per heavy atom. The number of hydrogen-bond donors (Lipinski definition) is 2. The zero-order chi connectivity index (χ0) is 9.14. The summed E-state index contributed by atoms with van der Waals surface area (Å²) in [6.07, 6.45) is 1.24. The molecule has 0 aromatic carbocycles. The van der Waals surface area contributed by atoms with E-state index in [1.54, 1.807) is 5.43 Å². The van der Waals surface area contributed by atoms with Crippen LogP contribution >= 0.6 is 0 Å². The number of nitro groups is 2. The highest BCUT2D eigenvalue weighted by molar-refractivity contribution is 5.54. The minimum absolute atomic E-state index is 0.231. The monoisotopic (exact) mass is 172 g/mol. The van der Waals surface area contributed by atoms with Gasteiger partial charge in [0.15, 0.2) is 5.03 Å². The van der Waals surface area contributed by atoms with Gasteiger partial charge in [-0.05, 0) is 0 Å². The molecule has 0 radical (unpaired) electrons. The van der Waals surface area contributed by atoms with Crippen LogP contribution in [0.15, 0.2) is 12.3 Å². The third kappa shape index (κ3) is 1.48. The van der Waals surface area contributed by atoms with Gasteiger partial charge in [0.2, 0.25) is 5.82 Å². The Kier molecular flexibility index (Phi) is 1.90. The van der Waals surface area contributed by atoms with Crippen molar-refractivity contribution in [2.75, 3.05) is 5.43 Å². The fourth-order valence-corrected chi connectivity index (χ4v) is 0.694. The molecule has 2 N–H and O–H groups in total. The smallest absolute Gasteiger partial charge is 0.316 e. The molecule has 0 amide bonds. The van der Waals surface area contributed by atoms with Crippen LogP contribution in [0.3, 0.4) is 0 Å². The summed E-state index contributed by atoms with van der Waals surface area (Å²) < 4.78 is 0. The third-order valence-electron chi connectivity index (χ3n) is 1.12. The summed E-state index contributed by atoms with van der Waals surface area (Å²) in [5.41, 5.74) is 1.30. The molecule has 0 spiro atoms. The maximum absolute atomic E-state index is 10.2. The second-order valence-corrected chi connectivity index (χ2v) is 1.86. The number of nitrogens with one attached hydrogen (secondary N) is 2. The van der Waals surface area contributed by atoms with Crippen LogP contribution in [0.2, 0.25) is 0 Å². The van der Waals surface area contributed by atoms with Crippen LogP contribution in [-0.2, 0) is 0 Å². The molecule has 0 aliphatic carbocycles. The Labute approximate surface area is 65.5 Å². The van der Waals surface area contributed by atoms with Crippen LogP contribution in [0.5, 0.6) is 0 Å². The summed E-state index contributed by atoms with van der Waals surface area (Å²) >= 11 is 0. The average Bonchev–Trinajstić information content (AvgIpc) is 2.33. The normalized spacial score (nSPS) is 9.33. The van der Waals surface area contributed by atoms with E-state index in [2.05, 4.69) is 4.98 Å². The summed E-state index contributed by atoms with van der Waals surface area (Å²) in [4.78, 5) is 21.7. The SMILES string of the molecule is O=[N+]([O-])Nc1[nH]ccc1[N+](=O)[O-]. The van der Waals surface area contributed by atoms with Gasteiger partial charge in [0.05, 0.1) is 4.92 Å². The first-order valence-electron chi connectivity index (χ1n) is 2.84. The van der Waals surface area contributed by atoms with E-state index in [0.717, 1.165) is 6.07 Å². The molecule has 8 heteroatoms. The highest BCUT2D eigenvalue weighted by Gasteiger charge is 2.17. The Bertz CT molecular complexity index is 319. The van der Waals surface area contributed by atoms with Crippen molar-refractivity contribution < 1.29 is 9.96 Å². The van der Waals surface area contributed by atoms with Gasteiger partial charge in [-0.2, -0.15) is 0 Å². The second kappa shape index (κ2) is 2.86. The number of hydrogen-bond acceptors (Lipinski definition) is 4. The van der Waals surface area contributed by atoms with Crippen LogP contribution in [-0.4, -0.2) is 14.9 Å². The third-order valence-corrected chi connectivity index (χ3v) is 1.12. The topological polar surface area (TPSA) is 114 Å². The highest BCUT2D eigenvalue weighted by atomic mass is 16.7. The number of nitrogens with zero attached hydrogens (tertiary/aromatic N) is 2. The predicted octanol–water partition coefficient (Wildman–Crippen LogP) is 0.526. The van der Waals surface area contributed by atoms with Crippen molar-refractivity contribution in [1.29, 1.82) is 0 Å². The van der Waals surface area contributed by atoms with Crippen molar-refractivity contribution in [3.05, 3.63) is 32.5 Å². The Balaban J connectivity index is 2.91. The Hall–Kier alpha value is -2.12. The molecule has 0 saturated heterocycles. The number of aromatic nitrogens is 1. The average molecular weight is 172 g/mol. The van der Waals surface area contributed by atoms with Crippen molar-refractivity contribution in [3.63, 3.8) is 0 Å². The molecule has 8 nitrogen and oxygen atoms in total. The van der Waals surface area contributed by atoms with Gasteiger partial charge >= 0.3 is 5.69 Å². The van der Waals surface area contributed by atoms with E-state index in [1.165, 1.54) is 6.20 Å². The molecule has 12 heavy (non-hydrogen) atoms. The van der Waals surface area contributed by atoms with E-state index in [1.807, 2.05) is 0 Å². The van der Waals surface area contributed by atoms with Crippen LogP contribution in [0.4, 0.5) is 11.5 Å². The zero-order valence-corrected chi connectivity index (χ0v) is 5.68. The first kappa shape index (κ1) is 7.98. The van der Waals surface area contributed by atoms with Gasteiger partial charge in [0.1, 0.15) is 0 Å². The Morgan fingerprint density at radius 1 is 1.42 bits per heavy atom. The van der Waals surface area contributed by atoms with E-state index in [9.17, 15) is 20.2 Å². The lowest BCUT2D eigenvalue weighted by Gasteiger charge is -1.91. The maximum Gasteiger partial charge on any atom is 0.316 e. The van der Waals surface area contributed by atoms with Crippen molar-refractivity contribution in [2.45, 2.75) is 0 Å². The van der Waals surface area contributed by atoms with Crippen molar-refractivity contribution in [1.82, 2.24) is 4.98 Å². The second-order valence-electron chi connectivity index (χ2n) is 1.86. The molecule has 0 unspecified atom stereocenters. The molecule has 0 aliphatic heterocycles. The van der Waals surface area contributed by atoms with Crippen molar-refractivity contribution >= 4 is 11.5 Å². The number of H-pyrrole nitrogens is 1. The van der Waals surface area contributed by atoms with Crippen LogP contribution in [0.1, 0.15) is 0 Å². The molecule has 1 rings (SSSR count). The van der Waals surface area contributed by atoms with E-state index in [4.69, 9.17) is 0 Å². The molecule has 0 atom stereocenters. The summed E-state index contributed by atoms with van der Waals surface area (Å²) in [5, 5.41) is 19.2. The van der Waals surface area contributed by atoms with Gasteiger partial charge in [0.25, 0.3) is 0 Å². The number of hydrazine groups is 1. The predicted molar refractivity (Wildman–Crippen MR) is 38.1 cm³/mol. The molecule has 0 fully saturated rings. The maximum atomic E-state index is 10.2. The van der Waals surface area contributed by atoms with E-state index < -0.39 is 9.96 Å². The molecule has 1 aromatic heterocycles. The molecule has 1 aromatic rings. The minimum Gasteiger partial charge on any atom is -0.338 e. The van der Waals surface area contributed by atoms with Crippen LogP contribution in [0.25, 0.3) is 0 Å². The number of rotatable bonds is 3. The fourth-order valence-electron chi connectivity index (χ4n) is 0.694. The summed E-state index contributed by atoms with van der Waals surface area (Å²) in [5.74, 6) is -0.231. The van der Waals surface area contributed by atoms with Gasteiger partial charge in [-0.3, -0.25) is 10.1 Å². The van der Waals surface area contributed by atoms with Gasteiger partial charge in [-0.1, -0.05) is 5.43 Å². The summed E-state index contributed by atoms with van der Waals surface area (Å²) in [7, 11) is 0. The molecular weight excluding hydrogens is 168 g/mol. The van der Waals surface area contributed by atoms with Crippen molar-refractivity contribution in [2.24, 2.45) is 0 Å². The van der Waals surface area contributed by atoms with Gasteiger partial charge in [-0.25, -0.2) is 10.1 Å². The van der Waals surface area contributed by atoms with E-state index in [-0.39, 0.29) is 11.5 Å². The first-order chi connectivity index (χ1) is 5.61. The zero-order valence-electron chi connectivity index (χ0n) is 5.68. The lowest BCUT2D eigenvalue weighted by Crippen LogP contribution is -2.09. The quantitative estimate of drug-likeness (QED) is 0.509. The van der Waals surface area contributed by atoms with E-state index in [0.29, 0.717) is 0 Å². The first-order valence-corrected chi connectivity index (χ1v) is 2.84. The lowest BCUT2D eigenvalue weighted by atomic mass is 10.5. The largest absolute Gasteiger partial charge is 0.338 e. The Morgan fingerprint density at radius 3 is 2.58 bits per heavy atom. The molecule has 0 bridgehead atoms. The standard InChI is InChI=1S/C4H4N4O4/c9-7(10)3-1-2-5-4(3)6-8(11)12/h1-2,5-6H. The number of aromatic amines is 1. The minimum atomic E-state index is -0.876. The van der Waals surface area contributed by atoms with Crippen molar-refractivity contribution in [3.8, 4) is 0 Å².